The minimum Gasteiger partial charge on any atom is -0.477 e. The predicted molar refractivity (Wildman–Crippen MR) is 86.7 cm³/mol. The highest BCUT2D eigenvalue weighted by atomic mass is 35.5. The quantitative estimate of drug-likeness (QED) is 0.742. The van der Waals surface area contributed by atoms with Crippen molar-refractivity contribution < 1.29 is 9.90 Å². The zero-order valence-corrected chi connectivity index (χ0v) is 12.5. The largest absolute Gasteiger partial charge is 0.477 e. The van der Waals surface area contributed by atoms with Crippen molar-refractivity contribution in [3.63, 3.8) is 0 Å². The summed E-state index contributed by atoms with van der Waals surface area (Å²) in [5.74, 6) is -0.926. The van der Waals surface area contributed by atoms with Crippen LogP contribution in [-0.2, 0) is 5.41 Å². The van der Waals surface area contributed by atoms with E-state index in [4.69, 9.17) is 11.6 Å². The summed E-state index contributed by atoms with van der Waals surface area (Å²) in [5, 5.41) is 11.1. The van der Waals surface area contributed by atoms with E-state index in [1.165, 1.54) is 5.56 Å². The third-order valence-electron chi connectivity index (χ3n) is 4.53. The maximum absolute atomic E-state index is 11.7. The Labute approximate surface area is 132 Å². The second-order valence-corrected chi connectivity index (χ2v) is 6.25. The summed E-state index contributed by atoms with van der Waals surface area (Å²) in [4.78, 5) is 14.8. The van der Waals surface area contributed by atoms with Crippen molar-refractivity contribution in [1.29, 1.82) is 0 Å². The molecule has 0 aliphatic heterocycles. The first-order valence-electron chi connectivity index (χ1n) is 7.22. The van der Waals surface area contributed by atoms with Gasteiger partial charge in [-0.3, -0.25) is 0 Å². The zero-order valence-electron chi connectivity index (χ0n) is 11.8. The van der Waals surface area contributed by atoms with Gasteiger partial charge in [0.05, 0.1) is 0 Å². The first-order chi connectivity index (χ1) is 10.6. The number of rotatable bonds is 3. The maximum Gasteiger partial charge on any atom is 0.352 e. The van der Waals surface area contributed by atoms with Crippen molar-refractivity contribution in [3.8, 4) is 0 Å². The number of carbonyl (C=O) groups is 1. The number of fused-ring (bicyclic) bond motifs is 1. The number of carboxylic acid groups (broad SMARTS) is 1. The number of hydrogen-bond acceptors (Lipinski definition) is 1. The lowest BCUT2D eigenvalue weighted by Crippen LogP contribution is -2.13. The Hall–Kier alpha value is -2.26. The molecule has 0 amide bonds. The number of aromatic amines is 1. The van der Waals surface area contributed by atoms with Gasteiger partial charge in [-0.25, -0.2) is 4.79 Å². The van der Waals surface area contributed by atoms with Crippen LogP contribution in [0.2, 0.25) is 5.02 Å². The standard InChI is InChI=1S/C18H14ClNO2/c19-12-6-7-14-13(10-12)15(16(20-14)17(21)22)18(8-9-18)11-4-2-1-3-5-11/h1-7,10,20H,8-9H2,(H,21,22). The van der Waals surface area contributed by atoms with E-state index in [9.17, 15) is 9.90 Å². The van der Waals surface area contributed by atoms with E-state index in [0.29, 0.717) is 5.02 Å². The molecule has 1 aromatic heterocycles. The zero-order chi connectivity index (χ0) is 15.3. The molecule has 3 nitrogen and oxygen atoms in total. The molecule has 2 N–H and O–H groups in total. The van der Waals surface area contributed by atoms with Crippen molar-refractivity contribution in [1.82, 2.24) is 4.98 Å². The second kappa shape index (κ2) is 4.62. The summed E-state index contributed by atoms with van der Waals surface area (Å²) in [6.45, 7) is 0. The molecule has 4 heteroatoms. The lowest BCUT2D eigenvalue weighted by Gasteiger charge is -2.16. The summed E-state index contributed by atoms with van der Waals surface area (Å²) >= 11 is 6.13. The number of hydrogen-bond donors (Lipinski definition) is 2. The molecule has 110 valence electrons. The van der Waals surface area contributed by atoms with E-state index in [1.54, 1.807) is 6.07 Å². The molecule has 0 radical (unpaired) electrons. The van der Waals surface area contributed by atoms with Gasteiger partial charge in [0.25, 0.3) is 0 Å². The summed E-state index contributed by atoms with van der Waals surface area (Å²) in [5.41, 5.74) is 2.91. The molecule has 2 aromatic carbocycles. The minimum atomic E-state index is -0.926. The molecule has 1 saturated carbocycles. The smallest absolute Gasteiger partial charge is 0.352 e. The van der Waals surface area contributed by atoms with Crippen LogP contribution in [0.1, 0.15) is 34.5 Å². The Morgan fingerprint density at radius 2 is 1.86 bits per heavy atom. The number of aromatic nitrogens is 1. The summed E-state index contributed by atoms with van der Waals surface area (Å²) in [7, 11) is 0. The van der Waals surface area contributed by atoms with E-state index in [1.807, 2.05) is 30.3 Å². The normalized spacial score (nSPS) is 15.9. The molecule has 0 spiro atoms. The lowest BCUT2D eigenvalue weighted by molar-refractivity contribution is 0.0689. The van der Waals surface area contributed by atoms with Crippen LogP contribution < -0.4 is 0 Å². The van der Waals surface area contributed by atoms with Gasteiger partial charge in [0, 0.05) is 26.9 Å². The maximum atomic E-state index is 11.7. The molecule has 0 bridgehead atoms. The Kier molecular flexibility index (Phi) is 2.81. The molecule has 1 aliphatic rings. The number of nitrogens with one attached hydrogen (secondary N) is 1. The van der Waals surface area contributed by atoms with E-state index >= 15 is 0 Å². The third-order valence-corrected chi connectivity index (χ3v) is 4.76. The van der Waals surface area contributed by atoms with Crippen LogP contribution in [0.25, 0.3) is 10.9 Å². The van der Waals surface area contributed by atoms with Gasteiger partial charge in [0.1, 0.15) is 5.69 Å². The van der Waals surface area contributed by atoms with Crippen molar-refractivity contribution >= 4 is 28.5 Å². The van der Waals surface area contributed by atoms with Crippen LogP contribution in [0.5, 0.6) is 0 Å². The highest BCUT2D eigenvalue weighted by molar-refractivity contribution is 6.31. The number of H-pyrrole nitrogens is 1. The van der Waals surface area contributed by atoms with Gasteiger partial charge >= 0.3 is 5.97 Å². The summed E-state index contributed by atoms with van der Waals surface area (Å²) in [6, 6.07) is 15.6. The molecule has 3 aromatic rings. The fourth-order valence-electron chi connectivity index (χ4n) is 3.39. The van der Waals surface area contributed by atoms with E-state index in [2.05, 4.69) is 17.1 Å². The molecule has 1 heterocycles. The van der Waals surface area contributed by atoms with Crippen LogP contribution in [0.15, 0.2) is 48.5 Å². The summed E-state index contributed by atoms with van der Waals surface area (Å²) in [6.07, 6.45) is 1.91. The van der Waals surface area contributed by atoms with Gasteiger partial charge < -0.3 is 10.1 Å². The van der Waals surface area contributed by atoms with E-state index < -0.39 is 5.97 Å². The second-order valence-electron chi connectivity index (χ2n) is 5.82. The minimum absolute atomic E-state index is 0.210. The fraction of sp³-hybridized carbons (Fsp3) is 0.167. The van der Waals surface area contributed by atoms with Gasteiger partial charge in [0.15, 0.2) is 0 Å². The number of aromatic carboxylic acids is 1. The number of halogens is 1. The van der Waals surface area contributed by atoms with Crippen LogP contribution in [0.4, 0.5) is 0 Å². The molecule has 0 unspecified atom stereocenters. The van der Waals surface area contributed by atoms with Crippen molar-refractivity contribution in [3.05, 3.63) is 70.4 Å². The molecule has 1 aliphatic carbocycles. The Balaban J connectivity index is 2.03. The highest BCUT2D eigenvalue weighted by Gasteiger charge is 2.49. The van der Waals surface area contributed by atoms with Crippen molar-refractivity contribution in [2.45, 2.75) is 18.3 Å². The van der Waals surface area contributed by atoms with Gasteiger partial charge in [-0.15, -0.1) is 0 Å². The molecule has 4 rings (SSSR count). The molecular weight excluding hydrogens is 298 g/mol. The molecule has 22 heavy (non-hydrogen) atoms. The summed E-state index contributed by atoms with van der Waals surface area (Å²) < 4.78 is 0. The predicted octanol–water partition coefficient (Wildman–Crippen LogP) is 4.60. The average Bonchev–Trinajstić information content (AvgIpc) is 3.23. The topological polar surface area (TPSA) is 53.1 Å². The molecule has 0 saturated heterocycles. The Morgan fingerprint density at radius 3 is 2.50 bits per heavy atom. The molecular formula is C18H14ClNO2. The van der Waals surface area contributed by atoms with Crippen LogP contribution in [-0.4, -0.2) is 16.1 Å². The van der Waals surface area contributed by atoms with Gasteiger partial charge in [-0.2, -0.15) is 0 Å². The Bertz CT molecular complexity index is 879. The Morgan fingerprint density at radius 1 is 1.14 bits per heavy atom. The third kappa shape index (κ3) is 1.86. The highest BCUT2D eigenvalue weighted by Crippen LogP contribution is 2.56. The van der Waals surface area contributed by atoms with Gasteiger partial charge in [0.2, 0.25) is 0 Å². The van der Waals surface area contributed by atoms with Crippen LogP contribution in [0.3, 0.4) is 0 Å². The van der Waals surface area contributed by atoms with Crippen molar-refractivity contribution in [2.75, 3.05) is 0 Å². The van der Waals surface area contributed by atoms with Crippen LogP contribution in [0, 0.1) is 0 Å². The SMILES string of the molecule is O=C(O)c1[nH]c2ccc(Cl)cc2c1C1(c2ccccc2)CC1. The molecule has 0 atom stereocenters. The first-order valence-corrected chi connectivity index (χ1v) is 7.60. The number of carboxylic acids is 1. The van der Waals surface area contributed by atoms with Crippen LogP contribution >= 0.6 is 11.6 Å². The number of benzene rings is 2. The van der Waals surface area contributed by atoms with Gasteiger partial charge in [-0.1, -0.05) is 41.9 Å². The van der Waals surface area contributed by atoms with Gasteiger partial charge in [-0.05, 0) is 36.6 Å². The first kappa shape index (κ1) is 13.4. The molecule has 1 fully saturated rings. The monoisotopic (exact) mass is 311 g/mol. The fourth-order valence-corrected chi connectivity index (χ4v) is 3.56. The lowest BCUT2D eigenvalue weighted by atomic mass is 9.86. The van der Waals surface area contributed by atoms with E-state index in [-0.39, 0.29) is 11.1 Å². The van der Waals surface area contributed by atoms with E-state index in [0.717, 1.165) is 29.3 Å². The average molecular weight is 312 g/mol. The van der Waals surface area contributed by atoms with Crippen molar-refractivity contribution in [2.24, 2.45) is 0 Å².